The largest absolute Gasteiger partial charge is 0.460 e. The molecule has 1 N–H and O–H groups in total. The number of aromatic nitrogens is 1. The molecular weight excluding hydrogens is 350 g/mol. The molecule has 0 saturated carbocycles. The third-order valence-electron chi connectivity index (χ3n) is 3.56. The summed E-state index contributed by atoms with van der Waals surface area (Å²) in [5.74, 6) is 0.353. The normalized spacial score (nSPS) is 10.7. The van der Waals surface area contributed by atoms with E-state index in [1.165, 1.54) is 30.5 Å². The predicted molar refractivity (Wildman–Crippen MR) is 89.7 cm³/mol. The molecule has 0 aliphatic heterocycles. The van der Waals surface area contributed by atoms with E-state index in [1.807, 2.05) is 0 Å². The molecule has 0 aliphatic rings. The fourth-order valence-electron chi connectivity index (χ4n) is 2.29. The standard InChI is InChI=1S/C16H12ClN3O5/c1-8-7-24-19-15(8)18-16(21)12-6-14(25-9(12)2)11-4-3-10(17)5-13(11)20(22)23/h3-7H,1-2H3,(H,18,19,21). The molecule has 0 bridgehead atoms. The van der Waals surface area contributed by atoms with Gasteiger partial charge in [-0.3, -0.25) is 14.9 Å². The van der Waals surface area contributed by atoms with Gasteiger partial charge in [0.1, 0.15) is 17.8 Å². The number of benzene rings is 1. The molecule has 0 spiro atoms. The van der Waals surface area contributed by atoms with E-state index in [0.29, 0.717) is 17.1 Å². The van der Waals surface area contributed by atoms with E-state index >= 15 is 0 Å². The smallest absolute Gasteiger partial charge is 0.281 e. The number of nitro benzene ring substituents is 1. The van der Waals surface area contributed by atoms with Gasteiger partial charge in [0.15, 0.2) is 5.82 Å². The molecule has 8 nitrogen and oxygen atoms in total. The van der Waals surface area contributed by atoms with Crippen molar-refractivity contribution in [1.29, 1.82) is 0 Å². The first-order chi connectivity index (χ1) is 11.9. The second-order valence-electron chi connectivity index (χ2n) is 5.30. The summed E-state index contributed by atoms with van der Waals surface area (Å²) in [5.41, 5.74) is 0.930. The highest BCUT2D eigenvalue weighted by atomic mass is 35.5. The third kappa shape index (κ3) is 3.24. The van der Waals surface area contributed by atoms with Crippen molar-refractivity contribution in [3.8, 4) is 11.3 Å². The molecule has 0 radical (unpaired) electrons. The number of halogens is 1. The van der Waals surface area contributed by atoms with E-state index in [9.17, 15) is 14.9 Å². The lowest BCUT2D eigenvalue weighted by Gasteiger charge is -2.00. The van der Waals surface area contributed by atoms with Gasteiger partial charge in [0.05, 0.1) is 16.1 Å². The summed E-state index contributed by atoms with van der Waals surface area (Å²) in [4.78, 5) is 23.1. The van der Waals surface area contributed by atoms with Gasteiger partial charge in [-0.15, -0.1) is 0 Å². The zero-order valence-electron chi connectivity index (χ0n) is 13.2. The first-order valence-electron chi connectivity index (χ1n) is 7.14. The summed E-state index contributed by atoms with van der Waals surface area (Å²) >= 11 is 5.81. The molecule has 3 aromatic rings. The van der Waals surface area contributed by atoms with Crippen LogP contribution in [0.2, 0.25) is 5.02 Å². The van der Waals surface area contributed by atoms with Gasteiger partial charge in [-0.2, -0.15) is 0 Å². The van der Waals surface area contributed by atoms with Crippen LogP contribution in [-0.2, 0) is 0 Å². The molecule has 0 aliphatic carbocycles. The maximum atomic E-state index is 12.4. The Morgan fingerprint density at radius 1 is 1.32 bits per heavy atom. The van der Waals surface area contributed by atoms with Gasteiger partial charge in [-0.25, -0.2) is 0 Å². The Bertz CT molecular complexity index is 976. The lowest BCUT2D eigenvalue weighted by molar-refractivity contribution is -0.384. The molecule has 25 heavy (non-hydrogen) atoms. The molecule has 2 heterocycles. The van der Waals surface area contributed by atoms with Crippen molar-refractivity contribution >= 4 is 29.0 Å². The van der Waals surface area contributed by atoms with E-state index in [-0.39, 0.29) is 27.6 Å². The van der Waals surface area contributed by atoms with Crippen LogP contribution in [0.25, 0.3) is 11.3 Å². The monoisotopic (exact) mass is 361 g/mol. The third-order valence-corrected chi connectivity index (χ3v) is 3.80. The number of nitro groups is 1. The minimum atomic E-state index is -0.558. The van der Waals surface area contributed by atoms with Crippen molar-refractivity contribution in [2.75, 3.05) is 5.32 Å². The Morgan fingerprint density at radius 3 is 2.72 bits per heavy atom. The molecule has 0 fully saturated rings. The summed E-state index contributed by atoms with van der Waals surface area (Å²) < 4.78 is 10.3. The van der Waals surface area contributed by atoms with Gasteiger partial charge in [-0.1, -0.05) is 16.8 Å². The molecule has 2 aromatic heterocycles. The maximum Gasteiger partial charge on any atom is 0.281 e. The quantitative estimate of drug-likeness (QED) is 0.545. The van der Waals surface area contributed by atoms with Gasteiger partial charge < -0.3 is 14.3 Å². The van der Waals surface area contributed by atoms with Gasteiger partial charge >= 0.3 is 0 Å². The average Bonchev–Trinajstić information content (AvgIpc) is 3.13. The average molecular weight is 362 g/mol. The minimum Gasteiger partial charge on any atom is -0.460 e. The van der Waals surface area contributed by atoms with E-state index < -0.39 is 10.8 Å². The van der Waals surface area contributed by atoms with Crippen LogP contribution in [0.5, 0.6) is 0 Å². The fraction of sp³-hybridized carbons (Fsp3) is 0.125. The molecule has 0 saturated heterocycles. The van der Waals surface area contributed by atoms with Gasteiger partial charge in [0, 0.05) is 16.7 Å². The number of nitrogens with zero attached hydrogens (tertiary/aromatic N) is 2. The van der Waals surface area contributed by atoms with E-state index in [4.69, 9.17) is 20.5 Å². The number of hydrogen-bond acceptors (Lipinski definition) is 6. The Labute approximate surface area is 146 Å². The van der Waals surface area contributed by atoms with Crippen molar-refractivity contribution in [3.05, 3.63) is 62.6 Å². The number of nitrogens with one attached hydrogen (secondary N) is 1. The Morgan fingerprint density at radius 2 is 2.08 bits per heavy atom. The Balaban J connectivity index is 1.97. The van der Waals surface area contributed by atoms with Crippen molar-refractivity contribution < 1.29 is 18.7 Å². The number of carbonyl (C=O) groups is 1. The number of carbonyl (C=O) groups excluding carboxylic acids is 1. The lowest BCUT2D eigenvalue weighted by Crippen LogP contribution is -2.13. The zero-order chi connectivity index (χ0) is 18.1. The number of hydrogen-bond donors (Lipinski definition) is 1. The van der Waals surface area contributed by atoms with Crippen molar-refractivity contribution in [2.24, 2.45) is 0 Å². The molecule has 0 unspecified atom stereocenters. The van der Waals surface area contributed by atoms with Gasteiger partial charge in [0.2, 0.25) is 0 Å². The first kappa shape index (κ1) is 16.7. The second-order valence-corrected chi connectivity index (χ2v) is 5.74. The highest BCUT2D eigenvalue weighted by molar-refractivity contribution is 6.30. The molecular formula is C16H12ClN3O5. The second kappa shape index (κ2) is 6.40. The summed E-state index contributed by atoms with van der Waals surface area (Å²) in [5, 5.41) is 17.7. The molecule has 0 atom stereocenters. The Hall–Kier alpha value is -3.13. The summed E-state index contributed by atoms with van der Waals surface area (Å²) in [6.45, 7) is 3.33. The molecule has 9 heteroatoms. The molecule has 1 amide bonds. The summed E-state index contributed by atoms with van der Waals surface area (Å²) in [7, 11) is 0. The predicted octanol–water partition coefficient (Wildman–Crippen LogP) is 4.37. The summed E-state index contributed by atoms with van der Waals surface area (Å²) in [6.07, 6.45) is 1.40. The van der Waals surface area contributed by atoms with Crippen molar-refractivity contribution in [2.45, 2.75) is 13.8 Å². The van der Waals surface area contributed by atoms with Crippen LogP contribution < -0.4 is 5.32 Å². The minimum absolute atomic E-state index is 0.197. The number of furan rings is 1. The van der Waals surface area contributed by atoms with E-state index in [0.717, 1.165) is 0 Å². The molecule has 3 rings (SSSR count). The number of rotatable bonds is 4. The topological polar surface area (TPSA) is 111 Å². The van der Waals surface area contributed by atoms with Crippen LogP contribution in [0.4, 0.5) is 11.5 Å². The molecule has 128 valence electrons. The van der Waals surface area contributed by atoms with Crippen LogP contribution in [-0.4, -0.2) is 16.0 Å². The van der Waals surface area contributed by atoms with Gasteiger partial charge in [0.25, 0.3) is 11.6 Å². The highest BCUT2D eigenvalue weighted by Crippen LogP contribution is 2.34. The first-order valence-corrected chi connectivity index (χ1v) is 7.51. The zero-order valence-corrected chi connectivity index (χ0v) is 14.0. The lowest BCUT2D eigenvalue weighted by atomic mass is 10.1. The van der Waals surface area contributed by atoms with Crippen LogP contribution in [0.3, 0.4) is 0 Å². The van der Waals surface area contributed by atoms with Crippen LogP contribution in [0.1, 0.15) is 21.7 Å². The van der Waals surface area contributed by atoms with Crippen molar-refractivity contribution in [3.63, 3.8) is 0 Å². The van der Waals surface area contributed by atoms with Crippen LogP contribution in [0.15, 0.2) is 39.5 Å². The molecule has 1 aromatic carbocycles. The number of amides is 1. The number of aryl methyl sites for hydroxylation is 2. The maximum absolute atomic E-state index is 12.4. The number of anilines is 1. The summed E-state index contributed by atoms with van der Waals surface area (Å²) in [6, 6.07) is 5.66. The Kier molecular flexibility index (Phi) is 4.28. The van der Waals surface area contributed by atoms with Crippen LogP contribution >= 0.6 is 11.6 Å². The van der Waals surface area contributed by atoms with E-state index in [1.54, 1.807) is 13.8 Å². The highest BCUT2D eigenvalue weighted by Gasteiger charge is 2.23. The van der Waals surface area contributed by atoms with Crippen LogP contribution in [0, 0.1) is 24.0 Å². The SMILES string of the molecule is Cc1conc1NC(=O)c1cc(-c2ccc(Cl)cc2[N+](=O)[O-])oc1C. The van der Waals surface area contributed by atoms with Crippen molar-refractivity contribution in [1.82, 2.24) is 5.16 Å². The fourth-order valence-corrected chi connectivity index (χ4v) is 2.45. The van der Waals surface area contributed by atoms with E-state index in [2.05, 4.69) is 10.5 Å². The van der Waals surface area contributed by atoms with Gasteiger partial charge in [-0.05, 0) is 32.0 Å².